The first kappa shape index (κ1) is 13.6. The minimum Gasteiger partial charge on any atom is -0.396 e. The number of nitrogens with two attached hydrogens (primary N) is 1. The van der Waals surface area contributed by atoms with Crippen molar-refractivity contribution in [1.82, 2.24) is 19.5 Å². The molecule has 2 heterocycles. The van der Waals surface area contributed by atoms with E-state index in [1.807, 2.05) is 10.6 Å². The number of nitrogens with one attached hydrogen (secondary N) is 1. The van der Waals surface area contributed by atoms with Crippen LogP contribution in [0.5, 0.6) is 0 Å². The zero-order valence-electron chi connectivity index (χ0n) is 11.6. The van der Waals surface area contributed by atoms with Crippen LogP contribution in [0.15, 0.2) is 31.1 Å². The van der Waals surface area contributed by atoms with E-state index in [-0.39, 0.29) is 24.5 Å². The summed E-state index contributed by atoms with van der Waals surface area (Å²) >= 11 is 0. The predicted octanol–water partition coefficient (Wildman–Crippen LogP) is 1.12. The number of rotatable bonds is 5. The molecule has 2 aromatic heterocycles. The van der Waals surface area contributed by atoms with Gasteiger partial charge in [-0.15, -0.1) is 6.58 Å². The summed E-state index contributed by atoms with van der Waals surface area (Å²) in [6, 6.07) is 0.133. The van der Waals surface area contributed by atoms with Gasteiger partial charge in [-0.3, -0.25) is 0 Å². The van der Waals surface area contributed by atoms with Crippen molar-refractivity contribution >= 4 is 22.9 Å². The lowest BCUT2D eigenvalue weighted by atomic mass is 10.1. The van der Waals surface area contributed by atoms with Crippen molar-refractivity contribution in [2.45, 2.75) is 12.5 Å². The summed E-state index contributed by atoms with van der Waals surface area (Å²) in [6.07, 6.45) is 8.41. The molecule has 110 valence electrons. The summed E-state index contributed by atoms with van der Waals surface area (Å²) in [5.41, 5.74) is 7.17. The van der Waals surface area contributed by atoms with Crippen LogP contribution in [0.2, 0.25) is 0 Å². The van der Waals surface area contributed by atoms with Crippen LogP contribution in [-0.2, 0) is 0 Å². The molecule has 1 aliphatic rings. The van der Waals surface area contributed by atoms with E-state index in [1.54, 1.807) is 12.4 Å². The first-order valence-corrected chi connectivity index (χ1v) is 6.87. The van der Waals surface area contributed by atoms with Crippen molar-refractivity contribution in [1.29, 1.82) is 0 Å². The van der Waals surface area contributed by atoms with Gasteiger partial charge in [-0.05, 0) is 6.42 Å². The average Bonchev–Trinajstić information content (AvgIpc) is 3.10. The van der Waals surface area contributed by atoms with Crippen LogP contribution >= 0.6 is 0 Å². The molecule has 0 bridgehead atoms. The van der Waals surface area contributed by atoms with Gasteiger partial charge < -0.3 is 20.7 Å². The number of hydrogen-bond donors (Lipinski definition) is 3. The number of aliphatic hydroxyl groups is 1. The van der Waals surface area contributed by atoms with Gasteiger partial charge in [0.05, 0.1) is 12.4 Å². The summed E-state index contributed by atoms with van der Waals surface area (Å²) in [7, 11) is 0. The van der Waals surface area contributed by atoms with Crippen LogP contribution in [0.3, 0.4) is 0 Å². The van der Waals surface area contributed by atoms with Gasteiger partial charge in [-0.1, -0.05) is 18.2 Å². The second kappa shape index (κ2) is 5.53. The quantitative estimate of drug-likeness (QED) is 0.712. The van der Waals surface area contributed by atoms with Gasteiger partial charge in [-0.2, -0.15) is 9.97 Å². The molecule has 0 amide bonds. The van der Waals surface area contributed by atoms with Crippen LogP contribution in [0.1, 0.15) is 12.5 Å². The van der Waals surface area contributed by atoms with E-state index in [9.17, 15) is 5.11 Å². The molecule has 0 spiro atoms. The Balaban J connectivity index is 2.00. The lowest BCUT2D eigenvalue weighted by molar-refractivity contribution is 0.244. The zero-order chi connectivity index (χ0) is 14.8. The molecule has 7 nitrogen and oxygen atoms in total. The summed E-state index contributed by atoms with van der Waals surface area (Å²) in [6.45, 7) is 4.40. The molecule has 0 saturated heterocycles. The van der Waals surface area contributed by atoms with Gasteiger partial charge in [0, 0.05) is 19.1 Å². The zero-order valence-corrected chi connectivity index (χ0v) is 11.6. The van der Waals surface area contributed by atoms with Crippen molar-refractivity contribution in [3.05, 3.63) is 31.1 Å². The Morgan fingerprint density at radius 2 is 2.33 bits per heavy atom. The molecule has 0 saturated carbocycles. The number of anilines is 2. The highest BCUT2D eigenvalue weighted by Crippen LogP contribution is 2.31. The van der Waals surface area contributed by atoms with Gasteiger partial charge in [-0.25, -0.2) is 4.98 Å². The number of aliphatic hydroxyl groups excluding tert-OH is 1. The largest absolute Gasteiger partial charge is 0.396 e. The molecule has 0 radical (unpaired) electrons. The number of imidazole rings is 1. The summed E-state index contributed by atoms with van der Waals surface area (Å²) in [5, 5.41) is 12.4. The maximum absolute atomic E-state index is 9.24. The van der Waals surface area contributed by atoms with Gasteiger partial charge in [0.1, 0.15) is 0 Å². The molecule has 0 aliphatic heterocycles. The SMILES string of the molecule is C=CCNc1nc(N)nc2c1ncn2[C@@H]1C=C[C@H](CO)C1. The normalized spacial score (nSPS) is 21.0. The third-order valence-corrected chi connectivity index (χ3v) is 3.59. The smallest absolute Gasteiger partial charge is 0.224 e. The third kappa shape index (κ3) is 2.47. The Labute approximate surface area is 122 Å². The number of aromatic nitrogens is 4. The minimum atomic E-state index is 0.133. The van der Waals surface area contributed by atoms with E-state index >= 15 is 0 Å². The number of nitrogens with zero attached hydrogens (tertiary/aromatic N) is 4. The van der Waals surface area contributed by atoms with Crippen molar-refractivity contribution in [2.75, 3.05) is 24.2 Å². The van der Waals surface area contributed by atoms with E-state index in [2.05, 4.69) is 32.9 Å². The Bertz CT molecular complexity index is 692. The van der Waals surface area contributed by atoms with E-state index < -0.39 is 0 Å². The third-order valence-electron chi connectivity index (χ3n) is 3.59. The molecule has 7 heteroatoms. The van der Waals surface area contributed by atoms with Crippen molar-refractivity contribution in [3.63, 3.8) is 0 Å². The lowest BCUT2D eigenvalue weighted by Gasteiger charge is -2.13. The monoisotopic (exact) mass is 286 g/mol. The summed E-state index contributed by atoms with van der Waals surface area (Å²) in [5.74, 6) is 0.998. The standard InChI is InChI=1S/C14H18N6O/c1-2-5-16-12-11-13(19-14(15)18-12)20(8-17-11)10-4-3-9(6-10)7-21/h2-4,8-10,21H,1,5-7H2,(H3,15,16,18,19)/t9-,10+/m0/s1. The van der Waals surface area contributed by atoms with Crippen LogP contribution in [0.4, 0.5) is 11.8 Å². The second-order valence-electron chi connectivity index (χ2n) is 5.05. The van der Waals surface area contributed by atoms with Crippen LogP contribution in [0.25, 0.3) is 11.2 Å². The Morgan fingerprint density at radius 3 is 3.05 bits per heavy atom. The maximum Gasteiger partial charge on any atom is 0.224 e. The first-order valence-electron chi connectivity index (χ1n) is 6.87. The van der Waals surface area contributed by atoms with Gasteiger partial charge in [0.2, 0.25) is 5.95 Å². The number of fused-ring (bicyclic) bond motifs is 1. The lowest BCUT2D eigenvalue weighted by Crippen LogP contribution is -2.09. The van der Waals surface area contributed by atoms with Crippen molar-refractivity contribution in [2.24, 2.45) is 5.92 Å². The highest BCUT2D eigenvalue weighted by Gasteiger charge is 2.22. The average molecular weight is 286 g/mol. The molecule has 0 fully saturated rings. The molecule has 21 heavy (non-hydrogen) atoms. The van der Waals surface area contributed by atoms with Crippen molar-refractivity contribution in [3.8, 4) is 0 Å². The predicted molar refractivity (Wildman–Crippen MR) is 81.8 cm³/mol. The Kier molecular flexibility index (Phi) is 3.57. The van der Waals surface area contributed by atoms with Gasteiger partial charge in [0.15, 0.2) is 17.0 Å². The number of nitrogen functional groups attached to an aromatic ring is 1. The van der Waals surface area contributed by atoms with Crippen LogP contribution in [-0.4, -0.2) is 37.8 Å². The molecular formula is C14H18N6O. The number of allylic oxidation sites excluding steroid dienone is 1. The topological polar surface area (TPSA) is 102 Å². The van der Waals surface area contributed by atoms with Crippen LogP contribution < -0.4 is 11.1 Å². The van der Waals surface area contributed by atoms with Crippen LogP contribution in [0, 0.1) is 5.92 Å². The molecule has 0 unspecified atom stereocenters. The fourth-order valence-electron chi connectivity index (χ4n) is 2.56. The van der Waals surface area contributed by atoms with Gasteiger partial charge in [0.25, 0.3) is 0 Å². The molecule has 2 aromatic rings. The Hall–Kier alpha value is -2.41. The number of hydrogen-bond acceptors (Lipinski definition) is 6. The molecule has 3 rings (SSSR count). The molecule has 4 N–H and O–H groups in total. The van der Waals surface area contributed by atoms with Crippen molar-refractivity contribution < 1.29 is 5.11 Å². The second-order valence-corrected chi connectivity index (χ2v) is 5.05. The minimum absolute atomic E-state index is 0.133. The highest BCUT2D eigenvalue weighted by atomic mass is 16.3. The molecule has 2 atom stereocenters. The fraction of sp³-hybridized carbons (Fsp3) is 0.357. The Morgan fingerprint density at radius 1 is 1.48 bits per heavy atom. The van der Waals surface area contributed by atoms with E-state index in [4.69, 9.17) is 5.73 Å². The first-order chi connectivity index (χ1) is 10.2. The van der Waals surface area contributed by atoms with Gasteiger partial charge >= 0.3 is 0 Å². The molecular weight excluding hydrogens is 268 g/mol. The van der Waals surface area contributed by atoms with E-state index in [0.29, 0.717) is 23.5 Å². The van der Waals surface area contributed by atoms with E-state index in [0.717, 1.165) is 6.42 Å². The fourth-order valence-corrected chi connectivity index (χ4v) is 2.56. The van der Waals surface area contributed by atoms with E-state index in [1.165, 1.54) is 0 Å². The highest BCUT2D eigenvalue weighted by molar-refractivity contribution is 5.84. The maximum atomic E-state index is 9.24. The molecule has 0 aromatic carbocycles. The summed E-state index contributed by atoms with van der Waals surface area (Å²) < 4.78 is 1.97. The summed E-state index contributed by atoms with van der Waals surface area (Å²) in [4.78, 5) is 12.9. The molecule has 1 aliphatic carbocycles.